The number of nitrogens with one attached hydrogen (secondary N) is 1. The molecule has 1 fully saturated rings. The molecule has 13 heavy (non-hydrogen) atoms. The first kappa shape index (κ1) is 11.3. The predicted molar refractivity (Wildman–Crippen MR) is 61.5 cm³/mol. The summed E-state index contributed by atoms with van der Waals surface area (Å²) in [6.07, 6.45) is 2.69. The normalized spacial score (nSPS) is 24.0. The molecule has 0 aromatic carbocycles. The van der Waals surface area contributed by atoms with Crippen molar-refractivity contribution in [2.24, 2.45) is 0 Å². The van der Waals surface area contributed by atoms with Gasteiger partial charge in [-0.05, 0) is 44.5 Å². The molecule has 1 heterocycles. The number of hydrogen-bond acceptors (Lipinski definition) is 3. The molecule has 2 nitrogen and oxygen atoms in total. The second kappa shape index (κ2) is 6.68. The smallest absolute Gasteiger partial charge is 0.0204 e. The molecule has 0 radical (unpaired) electrons. The first-order chi connectivity index (χ1) is 6.36. The van der Waals surface area contributed by atoms with Gasteiger partial charge in [0.25, 0.3) is 0 Å². The summed E-state index contributed by atoms with van der Waals surface area (Å²) in [6.45, 7) is 6.08. The van der Waals surface area contributed by atoms with Crippen molar-refractivity contribution in [3.05, 3.63) is 0 Å². The fraction of sp³-hybridized carbons (Fsp3) is 1.00. The molecule has 0 aliphatic carbocycles. The summed E-state index contributed by atoms with van der Waals surface area (Å²) in [6, 6.07) is 0.749. The second-order valence-corrected chi connectivity index (χ2v) is 5.02. The fourth-order valence-corrected chi connectivity index (χ4v) is 2.43. The third-order valence-electron chi connectivity index (χ3n) is 2.65. The van der Waals surface area contributed by atoms with Crippen LogP contribution in [0.2, 0.25) is 0 Å². The Balaban J connectivity index is 1.97. The van der Waals surface area contributed by atoms with E-state index in [1.54, 1.807) is 0 Å². The standard InChI is InChI=1S/C10H22N2S/c1-3-13-8-4-6-12-7-5-10(9-12)11-2/h10-11H,3-9H2,1-2H3. The molecule has 1 unspecified atom stereocenters. The van der Waals surface area contributed by atoms with E-state index in [1.165, 1.54) is 44.0 Å². The summed E-state index contributed by atoms with van der Waals surface area (Å²) in [7, 11) is 2.07. The first-order valence-corrected chi connectivity index (χ1v) is 6.49. The summed E-state index contributed by atoms with van der Waals surface area (Å²) in [5.41, 5.74) is 0. The van der Waals surface area contributed by atoms with E-state index in [0.29, 0.717) is 0 Å². The van der Waals surface area contributed by atoms with Crippen molar-refractivity contribution < 1.29 is 0 Å². The maximum absolute atomic E-state index is 3.35. The van der Waals surface area contributed by atoms with Gasteiger partial charge in [0, 0.05) is 12.6 Å². The molecular formula is C10H22N2S. The Morgan fingerprint density at radius 2 is 2.38 bits per heavy atom. The minimum Gasteiger partial charge on any atom is -0.316 e. The molecule has 0 bridgehead atoms. The molecule has 1 aliphatic rings. The second-order valence-electron chi connectivity index (χ2n) is 3.63. The Morgan fingerprint density at radius 3 is 3.00 bits per heavy atom. The van der Waals surface area contributed by atoms with Crippen molar-refractivity contribution in [2.75, 3.05) is 38.2 Å². The van der Waals surface area contributed by atoms with Crippen LogP contribution in [0.3, 0.4) is 0 Å². The average Bonchev–Trinajstić information content (AvgIpc) is 2.60. The van der Waals surface area contributed by atoms with Crippen molar-refractivity contribution in [3.8, 4) is 0 Å². The molecule has 0 amide bonds. The zero-order chi connectivity index (χ0) is 9.52. The van der Waals surface area contributed by atoms with E-state index >= 15 is 0 Å². The maximum atomic E-state index is 3.35. The molecule has 1 atom stereocenters. The van der Waals surface area contributed by atoms with Crippen molar-refractivity contribution in [1.29, 1.82) is 0 Å². The molecule has 1 N–H and O–H groups in total. The highest BCUT2D eigenvalue weighted by Gasteiger charge is 2.19. The summed E-state index contributed by atoms with van der Waals surface area (Å²) < 4.78 is 0. The zero-order valence-electron chi connectivity index (χ0n) is 8.88. The lowest BCUT2D eigenvalue weighted by atomic mass is 10.3. The summed E-state index contributed by atoms with van der Waals surface area (Å²) >= 11 is 2.06. The Hall–Kier alpha value is 0.270. The molecule has 1 saturated heterocycles. The topological polar surface area (TPSA) is 15.3 Å². The number of rotatable bonds is 6. The highest BCUT2D eigenvalue weighted by atomic mass is 32.2. The van der Waals surface area contributed by atoms with Crippen LogP contribution in [0.5, 0.6) is 0 Å². The van der Waals surface area contributed by atoms with Gasteiger partial charge in [-0.15, -0.1) is 0 Å². The molecule has 1 rings (SSSR count). The predicted octanol–water partition coefficient (Wildman–Crippen LogP) is 1.42. The molecule has 0 aromatic heterocycles. The molecule has 0 aromatic rings. The van der Waals surface area contributed by atoms with Gasteiger partial charge in [0.2, 0.25) is 0 Å². The Labute approximate surface area is 86.5 Å². The summed E-state index contributed by atoms with van der Waals surface area (Å²) in [5.74, 6) is 2.59. The molecule has 0 saturated carbocycles. The quantitative estimate of drug-likeness (QED) is 0.656. The van der Waals surface area contributed by atoms with Gasteiger partial charge in [-0.3, -0.25) is 0 Å². The highest BCUT2D eigenvalue weighted by Crippen LogP contribution is 2.10. The van der Waals surface area contributed by atoms with Gasteiger partial charge in [-0.25, -0.2) is 0 Å². The summed E-state index contributed by atoms with van der Waals surface area (Å²) in [4.78, 5) is 2.58. The van der Waals surface area contributed by atoms with Crippen LogP contribution in [0.1, 0.15) is 19.8 Å². The number of hydrogen-bond donors (Lipinski definition) is 1. The van der Waals surface area contributed by atoms with Crippen molar-refractivity contribution in [1.82, 2.24) is 10.2 Å². The number of thioether (sulfide) groups is 1. The van der Waals surface area contributed by atoms with Crippen molar-refractivity contribution >= 4 is 11.8 Å². The van der Waals surface area contributed by atoms with Gasteiger partial charge in [0.05, 0.1) is 0 Å². The zero-order valence-corrected chi connectivity index (χ0v) is 9.70. The third kappa shape index (κ3) is 4.34. The molecular weight excluding hydrogens is 180 g/mol. The van der Waals surface area contributed by atoms with Crippen LogP contribution in [0.4, 0.5) is 0 Å². The minimum atomic E-state index is 0.749. The van der Waals surface area contributed by atoms with Gasteiger partial charge in [0.1, 0.15) is 0 Å². The van der Waals surface area contributed by atoms with E-state index in [4.69, 9.17) is 0 Å². The number of likely N-dealkylation sites (N-methyl/N-ethyl adjacent to an activating group) is 1. The van der Waals surface area contributed by atoms with E-state index in [-0.39, 0.29) is 0 Å². The molecule has 1 aliphatic heterocycles. The van der Waals surface area contributed by atoms with Gasteiger partial charge in [0.15, 0.2) is 0 Å². The fourth-order valence-electron chi connectivity index (χ4n) is 1.81. The van der Waals surface area contributed by atoms with Crippen molar-refractivity contribution in [2.45, 2.75) is 25.8 Å². The average molecular weight is 202 g/mol. The van der Waals surface area contributed by atoms with Crippen LogP contribution >= 0.6 is 11.8 Å². The van der Waals surface area contributed by atoms with Crippen LogP contribution in [0.15, 0.2) is 0 Å². The molecule has 78 valence electrons. The number of likely N-dealkylation sites (tertiary alicyclic amines) is 1. The minimum absolute atomic E-state index is 0.749. The Morgan fingerprint density at radius 1 is 1.54 bits per heavy atom. The van der Waals surface area contributed by atoms with Crippen LogP contribution in [0.25, 0.3) is 0 Å². The number of nitrogens with zero attached hydrogens (tertiary/aromatic N) is 1. The monoisotopic (exact) mass is 202 g/mol. The van der Waals surface area contributed by atoms with Gasteiger partial charge >= 0.3 is 0 Å². The van der Waals surface area contributed by atoms with Crippen LogP contribution in [-0.4, -0.2) is 49.1 Å². The lowest BCUT2D eigenvalue weighted by Crippen LogP contribution is -2.30. The largest absolute Gasteiger partial charge is 0.316 e. The van der Waals surface area contributed by atoms with Crippen LogP contribution in [-0.2, 0) is 0 Å². The van der Waals surface area contributed by atoms with E-state index < -0.39 is 0 Å². The van der Waals surface area contributed by atoms with Crippen LogP contribution < -0.4 is 5.32 Å². The summed E-state index contributed by atoms with van der Waals surface area (Å²) in [5, 5.41) is 3.35. The van der Waals surface area contributed by atoms with Gasteiger partial charge in [-0.1, -0.05) is 6.92 Å². The third-order valence-corrected chi connectivity index (χ3v) is 3.63. The van der Waals surface area contributed by atoms with E-state index in [0.717, 1.165) is 6.04 Å². The van der Waals surface area contributed by atoms with Gasteiger partial charge in [-0.2, -0.15) is 11.8 Å². The SMILES string of the molecule is CCSCCCN1CCC(NC)C1. The lowest BCUT2D eigenvalue weighted by molar-refractivity contribution is 0.331. The maximum Gasteiger partial charge on any atom is 0.0204 e. The lowest BCUT2D eigenvalue weighted by Gasteiger charge is -2.15. The van der Waals surface area contributed by atoms with E-state index in [2.05, 4.69) is 35.9 Å². The Kier molecular flexibility index (Phi) is 5.83. The molecule has 3 heteroatoms. The van der Waals surface area contributed by atoms with E-state index in [1.807, 2.05) is 0 Å². The van der Waals surface area contributed by atoms with E-state index in [9.17, 15) is 0 Å². The van der Waals surface area contributed by atoms with Crippen molar-refractivity contribution in [3.63, 3.8) is 0 Å². The highest BCUT2D eigenvalue weighted by molar-refractivity contribution is 7.99. The first-order valence-electron chi connectivity index (χ1n) is 5.34. The van der Waals surface area contributed by atoms with Gasteiger partial charge < -0.3 is 10.2 Å². The van der Waals surface area contributed by atoms with Crippen LogP contribution in [0, 0.1) is 0 Å². The molecule has 0 spiro atoms. The Bertz CT molecular complexity index is 130.